The fourth-order valence-electron chi connectivity index (χ4n) is 11.3. The molecular weight excluding hydrogens is 636 g/mol. The quantitative estimate of drug-likeness (QED) is 0.270. The normalized spacial score (nSPS) is 36.7. The van der Waals surface area contributed by atoms with Crippen LogP contribution in [0.1, 0.15) is 100 Å². The Kier molecular flexibility index (Phi) is 10.1. The Morgan fingerprint density at radius 1 is 1.10 bits per heavy atom. The predicted molar refractivity (Wildman–Crippen MR) is 187 cm³/mol. The van der Waals surface area contributed by atoms with Crippen molar-refractivity contribution in [1.82, 2.24) is 10.2 Å². The van der Waals surface area contributed by atoms with E-state index in [0.717, 1.165) is 38.4 Å². The van der Waals surface area contributed by atoms with Crippen LogP contribution in [0.5, 0.6) is 11.5 Å². The molecule has 7 atom stereocenters. The van der Waals surface area contributed by atoms with Gasteiger partial charge < -0.3 is 34.6 Å². The summed E-state index contributed by atoms with van der Waals surface area (Å²) in [5.41, 5.74) is 1.25. The molecule has 1 aromatic carbocycles. The summed E-state index contributed by atoms with van der Waals surface area (Å²) in [6.45, 7) is 6.94. The van der Waals surface area contributed by atoms with Crippen molar-refractivity contribution in [2.75, 3.05) is 33.4 Å². The van der Waals surface area contributed by atoms with Crippen molar-refractivity contribution in [1.29, 1.82) is 0 Å². The van der Waals surface area contributed by atoms with E-state index >= 15 is 0 Å². The molecular formula is C40H56N2O8. The molecule has 1 aromatic rings. The number of fused-ring (bicyclic) bond motifs is 3. The van der Waals surface area contributed by atoms with E-state index in [1.807, 2.05) is 4.90 Å². The maximum absolute atomic E-state index is 14.7. The van der Waals surface area contributed by atoms with E-state index in [1.54, 1.807) is 18.2 Å². The largest absolute Gasteiger partial charge is 0.493 e. The lowest BCUT2D eigenvalue weighted by molar-refractivity contribution is -0.154. The van der Waals surface area contributed by atoms with Gasteiger partial charge in [-0.05, 0) is 110 Å². The predicted octanol–water partition coefficient (Wildman–Crippen LogP) is 4.65. The van der Waals surface area contributed by atoms with E-state index in [4.69, 9.17) is 14.2 Å². The average molecular weight is 693 g/mol. The summed E-state index contributed by atoms with van der Waals surface area (Å²) in [6.07, 6.45) is 10.6. The van der Waals surface area contributed by atoms with Crippen molar-refractivity contribution in [2.24, 2.45) is 40.9 Å². The molecule has 1 heterocycles. The first-order chi connectivity index (χ1) is 24.0. The summed E-state index contributed by atoms with van der Waals surface area (Å²) in [7, 11) is 1.49. The molecule has 0 aromatic heterocycles. The molecule has 0 spiro atoms. The lowest BCUT2D eigenvalue weighted by Crippen LogP contribution is -2.60. The SMILES string of the molecule is COc1cc(C=O)cc2c1O[C@@H]1[C@@H](O)[C@H](N(CC34CC5CC(CC(C5)C3)C4)C(=O)CO[C@H]3C[C@@H](C)CC[C@@H]3C(C)C)C=C(C(=O)NCCO)[C@H]21. The third kappa shape index (κ3) is 6.60. The Morgan fingerprint density at radius 2 is 1.80 bits per heavy atom. The van der Waals surface area contributed by atoms with Crippen LogP contribution in [0, 0.1) is 40.9 Å². The van der Waals surface area contributed by atoms with Crippen LogP contribution >= 0.6 is 0 Å². The Hall–Kier alpha value is -2.95. The summed E-state index contributed by atoms with van der Waals surface area (Å²) >= 11 is 0. The summed E-state index contributed by atoms with van der Waals surface area (Å²) < 4.78 is 18.6. The van der Waals surface area contributed by atoms with Crippen LogP contribution in [0.4, 0.5) is 0 Å². The van der Waals surface area contributed by atoms with Gasteiger partial charge in [-0.25, -0.2) is 0 Å². The van der Waals surface area contributed by atoms with Crippen molar-refractivity contribution in [3.63, 3.8) is 0 Å². The number of aldehydes is 1. The van der Waals surface area contributed by atoms with E-state index in [1.165, 1.54) is 32.8 Å². The van der Waals surface area contributed by atoms with E-state index in [2.05, 4.69) is 26.1 Å². The summed E-state index contributed by atoms with van der Waals surface area (Å²) in [5, 5.41) is 24.6. The fourth-order valence-corrected chi connectivity index (χ4v) is 11.3. The monoisotopic (exact) mass is 692 g/mol. The number of rotatable bonds is 12. The number of aliphatic hydroxyl groups is 2. The second-order valence-corrected chi connectivity index (χ2v) is 17.0. The van der Waals surface area contributed by atoms with Crippen molar-refractivity contribution >= 4 is 18.1 Å². The van der Waals surface area contributed by atoms with Crippen LogP contribution in [-0.2, 0) is 14.3 Å². The molecule has 1 aliphatic heterocycles. The highest BCUT2D eigenvalue weighted by molar-refractivity contribution is 5.96. The topological polar surface area (TPSA) is 135 Å². The van der Waals surface area contributed by atoms with Crippen molar-refractivity contribution < 1.29 is 38.8 Å². The van der Waals surface area contributed by atoms with Crippen molar-refractivity contribution in [3.05, 3.63) is 34.9 Å². The van der Waals surface area contributed by atoms with Gasteiger partial charge in [-0.2, -0.15) is 0 Å². The number of hydrogen-bond acceptors (Lipinski definition) is 8. The lowest BCUT2D eigenvalue weighted by Gasteiger charge is -2.58. The van der Waals surface area contributed by atoms with Crippen LogP contribution in [0.3, 0.4) is 0 Å². The number of ether oxygens (including phenoxy) is 3. The molecule has 3 N–H and O–H groups in total. The number of amides is 2. The van der Waals surface area contributed by atoms with Gasteiger partial charge in [0.25, 0.3) is 0 Å². The zero-order valence-electron chi connectivity index (χ0n) is 30.1. The van der Waals surface area contributed by atoms with E-state index in [9.17, 15) is 24.6 Å². The molecule has 5 fully saturated rings. The molecule has 0 saturated heterocycles. The Labute approximate surface area is 296 Å². The molecule has 8 rings (SSSR count). The number of hydrogen-bond donors (Lipinski definition) is 3. The summed E-state index contributed by atoms with van der Waals surface area (Å²) in [4.78, 5) is 42.3. The maximum atomic E-state index is 14.7. The van der Waals surface area contributed by atoms with Crippen molar-refractivity contribution in [3.8, 4) is 11.5 Å². The van der Waals surface area contributed by atoms with Crippen LogP contribution in [0.2, 0.25) is 0 Å². The zero-order valence-corrected chi connectivity index (χ0v) is 30.1. The van der Waals surface area contributed by atoms with E-state index < -0.39 is 30.1 Å². The first-order valence-corrected chi connectivity index (χ1v) is 19.1. The molecule has 5 saturated carbocycles. The Morgan fingerprint density at radius 3 is 2.42 bits per heavy atom. The molecule has 10 nitrogen and oxygen atoms in total. The highest BCUT2D eigenvalue weighted by Crippen LogP contribution is 2.60. The van der Waals surface area contributed by atoms with Gasteiger partial charge in [0.2, 0.25) is 11.8 Å². The Bertz CT molecular complexity index is 1450. The zero-order chi connectivity index (χ0) is 35.3. The van der Waals surface area contributed by atoms with Crippen LogP contribution in [-0.4, -0.2) is 91.0 Å². The number of nitrogens with zero attached hydrogens (tertiary/aromatic N) is 1. The highest BCUT2D eigenvalue weighted by atomic mass is 16.5. The smallest absolute Gasteiger partial charge is 0.249 e. The first kappa shape index (κ1) is 35.5. The van der Waals surface area contributed by atoms with Gasteiger partial charge in [-0.1, -0.05) is 27.2 Å². The number of carbonyl (C=O) groups is 3. The number of carbonyl (C=O) groups excluding carboxylic acids is 3. The van der Waals surface area contributed by atoms with Gasteiger partial charge in [0.15, 0.2) is 11.5 Å². The van der Waals surface area contributed by atoms with Crippen LogP contribution in [0.15, 0.2) is 23.8 Å². The number of methoxy groups -OCH3 is 1. The maximum Gasteiger partial charge on any atom is 0.249 e. The standard InChI is InChI=1S/C40H56N2O8/c1-22(2)28-6-5-23(3)9-32(28)49-20-34(45)42(21-40-16-24-10-25(17-40)12-26(11-24)18-40)31-15-30(39(47)41-7-8-43)35-29-13-27(19-44)14-33(48-4)37(29)50-38(35)36(31)46/h13-15,19,22-26,28,31-32,35-36,38,43,46H,5-12,16-18,20-21H2,1-4H3,(H,41,47)/t23-,24?,25?,26?,28+,31+,32-,35-,36-,38-,40?/m0/s1. The minimum Gasteiger partial charge on any atom is -0.493 e. The second kappa shape index (κ2) is 14.2. The minimum absolute atomic E-state index is 0.00716. The molecule has 2 amide bonds. The molecule has 0 unspecified atom stereocenters. The van der Waals surface area contributed by atoms with Crippen molar-refractivity contribution in [2.45, 2.75) is 109 Å². The Balaban J connectivity index is 1.25. The highest BCUT2D eigenvalue weighted by Gasteiger charge is 2.55. The molecule has 50 heavy (non-hydrogen) atoms. The number of nitrogens with one attached hydrogen (secondary N) is 1. The second-order valence-electron chi connectivity index (χ2n) is 17.0. The molecule has 4 bridgehead atoms. The van der Waals surface area contributed by atoms with Gasteiger partial charge in [-0.15, -0.1) is 0 Å². The van der Waals surface area contributed by atoms with E-state index in [0.29, 0.717) is 70.3 Å². The molecule has 6 aliphatic carbocycles. The molecule has 7 aliphatic rings. The molecule has 10 heteroatoms. The third-order valence-electron chi connectivity index (χ3n) is 13.1. The third-order valence-corrected chi connectivity index (χ3v) is 13.1. The molecule has 274 valence electrons. The first-order valence-electron chi connectivity index (χ1n) is 19.1. The van der Waals surface area contributed by atoms with Gasteiger partial charge in [-0.3, -0.25) is 14.4 Å². The van der Waals surface area contributed by atoms with Gasteiger partial charge in [0.1, 0.15) is 25.1 Å². The van der Waals surface area contributed by atoms with Crippen LogP contribution < -0.4 is 14.8 Å². The van der Waals surface area contributed by atoms with Gasteiger partial charge in [0.05, 0.1) is 31.8 Å². The van der Waals surface area contributed by atoms with Crippen LogP contribution in [0.25, 0.3) is 0 Å². The number of benzene rings is 1. The average Bonchev–Trinajstić information content (AvgIpc) is 3.48. The van der Waals surface area contributed by atoms with Gasteiger partial charge >= 0.3 is 0 Å². The van der Waals surface area contributed by atoms with E-state index in [-0.39, 0.29) is 37.2 Å². The molecule has 0 radical (unpaired) electrons. The lowest BCUT2D eigenvalue weighted by atomic mass is 9.49. The summed E-state index contributed by atoms with van der Waals surface area (Å²) in [5.74, 6) is 2.82. The fraction of sp³-hybridized carbons (Fsp3) is 0.725. The number of aliphatic hydroxyl groups excluding tert-OH is 2. The minimum atomic E-state index is -1.16. The summed E-state index contributed by atoms with van der Waals surface area (Å²) in [6, 6.07) is 2.42. The van der Waals surface area contributed by atoms with Gasteiger partial charge in [0, 0.05) is 29.8 Å².